The second-order valence-corrected chi connectivity index (χ2v) is 7.62. The Bertz CT molecular complexity index is 690. The Hall–Kier alpha value is -2.21. The topological polar surface area (TPSA) is 69.7 Å². The Morgan fingerprint density at radius 3 is 2.41 bits per heavy atom. The molecule has 1 aliphatic heterocycles. The summed E-state index contributed by atoms with van der Waals surface area (Å²) in [7, 11) is 0. The van der Waals surface area contributed by atoms with Gasteiger partial charge in [0.1, 0.15) is 0 Å². The highest BCUT2D eigenvalue weighted by Crippen LogP contribution is 2.25. The van der Waals surface area contributed by atoms with E-state index in [1.54, 1.807) is 24.3 Å². The molecule has 1 saturated heterocycles. The number of ketones is 1. The van der Waals surface area contributed by atoms with Gasteiger partial charge < -0.3 is 10.2 Å². The van der Waals surface area contributed by atoms with Gasteiger partial charge in [-0.2, -0.15) is 0 Å². The van der Waals surface area contributed by atoms with E-state index < -0.39 is 0 Å². The van der Waals surface area contributed by atoms with Gasteiger partial charge in [0.15, 0.2) is 5.78 Å². The number of hydrogen-bond donors (Lipinski definition) is 1. The number of anilines is 1. The van der Waals surface area contributed by atoms with E-state index in [-0.39, 0.29) is 17.6 Å². The van der Waals surface area contributed by atoms with Gasteiger partial charge in [0, 0.05) is 43.3 Å². The molecule has 1 heterocycles. The molecule has 1 aliphatic carbocycles. The average Bonchev–Trinajstić information content (AvgIpc) is 2.69. The van der Waals surface area contributed by atoms with E-state index in [1.807, 2.05) is 4.90 Å². The zero-order valence-electron chi connectivity index (χ0n) is 16.1. The number of Topliss-reactive ketones (excluding diaryl/α,β-unsaturated/α-hetero) is 1. The molecule has 2 fully saturated rings. The van der Waals surface area contributed by atoms with E-state index >= 15 is 0 Å². The molecule has 0 spiro atoms. The molecule has 6 heteroatoms. The normalized spacial score (nSPS) is 18.9. The van der Waals surface area contributed by atoms with Gasteiger partial charge in [-0.25, -0.2) is 0 Å². The molecule has 6 nitrogen and oxygen atoms in total. The second kappa shape index (κ2) is 9.13. The molecule has 0 atom stereocenters. The summed E-state index contributed by atoms with van der Waals surface area (Å²) in [5.74, 6) is 0.398. The monoisotopic (exact) mass is 371 g/mol. The minimum Gasteiger partial charge on any atom is -0.340 e. The van der Waals surface area contributed by atoms with Crippen LogP contribution in [0.1, 0.15) is 49.4 Å². The number of rotatable bonds is 5. The smallest absolute Gasteiger partial charge is 0.238 e. The van der Waals surface area contributed by atoms with Crippen LogP contribution in [0, 0.1) is 5.92 Å². The summed E-state index contributed by atoms with van der Waals surface area (Å²) >= 11 is 0. The van der Waals surface area contributed by atoms with Crippen molar-refractivity contribution in [2.75, 3.05) is 38.0 Å². The Kier molecular flexibility index (Phi) is 6.61. The minimum atomic E-state index is -0.0947. The van der Waals surface area contributed by atoms with Crippen LogP contribution in [0.4, 0.5) is 5.69 Å². The van der Waals surface area contributed by atoms with Gasteiger partial charge in [-0.3, -0.25) is 19.3 Å². The lowest BCUT2D eigenvalue weighted by molar-refractivity contribution is -0.138. The van der Waals surface area contributed by atoms with Crippen LogP contribution >= 0.6 is 0 Å². The van der Waals surface area contributed by atoms with Gasteiger partial charge in [0.2, 0.25) is 11.8 Å². The summed E-state index contributed by atoms with van der Waals surface area (Å²) in [5.41, 5.74) is 1.22. The molecule has 146 valence electrons. The van der Waals surface area contributed by atoms with Crippen molar-refractivity contribution in [3.8, 4) is 0 Å². The highest BCUT2D eigenvalue weighted by molar-refractivity contribution is 5.97. The van der Waals surface area contributed by atoms with Crippen LogP contribution in [0.2, 0.25) is 0 Å². The number of carbonyl (C=O) groups is 3. The predicted molar refractivity (Wildman–Crippen MR) is 105 cm³/mol. The van der Waals surface area contributed by atoms with Crippen LogP contribution in [0.15, 0.2) is 24.3 Å². The third kappa shape index (κ3) is 5.39. The molecular weight excluding hydrogens is 342 g/mol. The van der Waals surface area contributed by atoms with Crippen molar-refractivity contribution in [2.45, 2.75) is 39.0 Å². The maximum Gasteiger partial charge on any atom is 0.238 e. The van der Waals surface area contributed by atoms with Gasteiger partial charge >= 0.3 is 0 Å². The van der Waals surface area contributed by atoms with Crippen molar-refractivity contribution >= 4 is 23.3 Å². The Morgan fingerprint density at radius 2 is 1.74 bits per heavy atom. The molecule has 0 radical (unpaired) electrons. The van der Waals surface area contributed by atoms with Crippen molar-refractivity contribution in [1.82, 2.24) is 9.80 Å². The molecule has 0 aromatic heterocycles. The lowest BCUT2D eigenvalue weighted by Gasteiger charge is -2.36. The highest BCUT2D eigenvalue weighted by atomic mass is 16.2. The van der Waals surface area contributed by atoms with E-state index in [9.17, 15) is 14.4 Å². The van der Waals surface area contributed by atoms with Crippen molar-refractivity contribution in [3.05, 3.63) is 29.8 Å². The van der Waals surface area contributed by atoms with Crippen molar-refractivity contribution < 1.29 is 14.4 Å². The zero-order chi connectivity index (χ0) is 19.2. The van der Waals surface area contributed by atoms with Crippen LogP contribution in [0.3, 0.4) is 0 Å². The van der Waals surface area contributed by atoms with Gasteiger partial charge in [-0.1, -0.05) is 31.4 Å². The van der Waals surface area contributed by atoms with E-state index in [4.69, 9.17) is 0 Å². The molecule has 0 unspecified atom stereocenters. The molecule has 0 bridgehead atoms. The minimum absolute atomic E-state index is 0.0233. The maximum atomic E-state index is 12.6. The molecule has 27 heavy (non-hydrogen) atoms. The molecule has 2 amide bonds. The number of nitrogens with zero attached hydrogens (tertiary/aromatic N) is 2. The third-order valence-corrected chi connectivity index (χ3v) is 5.56. The van der Waals surface area contributed by atoms with Crippen LogP contribution in [0.5, 0.6) is 0 Å². The summed E-state index contributed by atoms with van der Waals surface area (Å²) in [5, 5.41) is 2.86. The van der Waals surface area contributed by atoms with Gasteiger partial charge in [-0.05, 0) is 31.9 Å². The molecule has 1 aromatic rings. The lowest BCUT2D eigenvalue weighted by atomic mass is 9.88. The number of nitrogens with one attached hydrogen (secondary N) is 1. The van der Waals surface area contributed by atoms with E-state index in [0.717, 1.165) is 25.9 Å². The third-order valence-electron chi connectivity index (χ3n) is 5.56. The first kappa shape index (κ1) is 19.5. The first-order valence-electron chi connectivity index (χ1n) is 9.95. The first-order chi connectivity index (χ1) is 13.0. The lowest BCUT2D eigenvalue weighted by Crippen LogP contribution is -2.52. The fourth-order valence-corrected chi connectivity index (χ4v) is 3.95. The number of benzene rings is 1. The van der Waals surface area contributed by atoms with Crippen molar-refractivity contribution in [1.29, 1.82) is 0 Å². The number of piperazine rings is 1. The summed E-state index contributed by atoms with van der Waals surface area (Å²) in [6, 6.07) is 6.98. The molecule has 3 rings (SSSR count). The first-order valence-corrected chi connectivity index (χ1v) is 9.95. The largest absolute Gasteiger partial charge is 0.340 e. The standard InChI is InChI=1S/C21H29N3O3/c1-16(25)18-8-5-9-19(14-18)22-20(26)15-23-10-12-24(13-11-23)21(27)17-6-3-2-4-7-17/h5,8-9,14,17H,2-4,6-7,10-13,15H2,1H3,(H,22,26). The quantitative estimate of drug-likeness (QED) is 0.808. The Balaban J connectivity index is 1.44. The fourth-order valence-electron chi connectivity index (χ4n) is 3.95. The summed E-state index contributed by atoms with van der Waals surface area (Å²) in [6.45, 7) is 4.65. The van der Waals surface area contributed by atoms with Gasteiger partial charge in [-0.15, -0.1) is 0 Å². The SMILES string of the molecule is CC(=O)c1cccc(NC(=O)CN2CCN(C(=O)C3CCCCC3)CC2)c1. The van der Waals surface area contributed by atoms with Crippen molar-refractivity contribution in [3.63, 3.8) is 0 Å². The summed E-state index contributed by atoms with van der Waals surface area (Å²) in [6.07, 6.45) is 5.65. The number of carbonyl (C=O) groups excluding carboxylic acids is 3. The Labute approximate surface area is 160 Å². The van der Waals surface area contributed by atoms with Gasteiger partial charge in [0.05, 0.1) is 6.54 Å². The zero-order valence-corrected chi connectivity index (χ0v) is 16.1. The Morgan fingerprint density at radius 1 is 1.04 bits per heavy atom. The predicted octanol–water partition coefficient (Wildman–Crippen LogP) is 2.55. The maximum absolute atomic E-state index is 12.6. The van der Waals surface area contributed by atoms with E-state index in [0.29, 0.717) is 36.8 Å². The molecule has 1 aromatic carbocycles. The average molecular weight is 371 g/mol. The van der Waals surface area contributed by atoms with Crippen LogP contribution < -0.4 is 5.32 Å². The van der Waals surface area contributed by atoms with Crippen LogP contribution in [0.25, 0.3) is 0 Å². The fraction of sp³-hybridized carbons (Fsp3) is 0.571. The second-order valence-electron chi connectivity index (χ2n) is 7.62. The summed E-state index contributed by atoms with van der Waals surface area (Å²) < 4.78 is 0. The van der Waals surface area contributed by atoms with Gasteiger partial charge in [0.25, 0.3) is 0 Å². The number of hydrogen-bond acceptors (Lipinski definition) is 4. The molecule has 2 aliphatic rings. The molecule has 1 N–H and O–H groups in total. The molecular formula is C21H29N3O3. The highest BCUT2D eigenvalue weighted by Gasteiger charge is 2.28. The van der Waals surface area contributed by atoms with Crippen LogP contribution in [-0.4, -0.2) is 60.1 Å². The van der Waals surface area contributed by atoms with E-state index in [1.165, 1.54) is 26.2 Å². The number of amides is 2. The van der Waals surface area contributed by atoms with Crippen LogP contribution in [-0.2, 0) is 9.59 Å². The molecule has 1 saturated carbocycles. The summed E-state index contributed by atoms with van der Waals surface area (Å²) in [4.78, 5) is 40.4. The van der Waals surface area contributed by atoms with Crippen molar-refractivity contribution in [2.24, 2.45) is 5.92 Å². The van der Waals surface area contributed by atoms with E-state index in [2.05, 4.69) is 10.2 Å².